The number of allylic oxidation sites excluding steroid dienone is 4. The van der Waals surface area contributed by atoms with Gasteiger partial charge in [0.15, 0.2) is 0 Å². The zero-order chi connectivity index (χ0) is 8.55. The first-order valence-electron chi connectivity index (χ1n) is 4.86. The van der Waals surface area contributed by atoms with Crippen molar-refractivity contribution in [2.75, 3.05) is 0 Å². The molecule has 1 fully saturated rings. The van der Waals surface area contributed by atoms with Gasteiger partial charge in [0.05, 0.1) is 0 Å². The molecule has 0 nitrogen and oxygen atoms in total. The van der Waals surface area contributed by atoms with Gasteiger partial charge in [-0.15, -0.1) is 0 Å². The molecule has 0 N–H and O–H groups in total. The van der Waals surface area contributed by atoms with E-state index in [1.807, 2.05) is 0 Å². The fourth-order valence-electron chi connectivity index (χ4n) is 1.99. The first kappa shape index (κ1) is 8.03. The van der Waals surface area contributed by atoms with E-state index in [0.29, 0.717) is 18.3 Å². The lowest BCUT2D eigenvalue weighted by molar-refractivity contribution is 0.561. The molecule has 2 aliphatic rings. The summed E-state index contributed by atoms with van der Waals surface area (Å²) in [7, 11) is 0. The van der Waals surface area contributed by atoms with Crippen molar-refractivity contribution >= 4 is 0 Å². The highest BCUT2D eigenvalue weighted by molar-refractivity contribution is 5.28. The van der Waals surface area contributed by atoms with Crippen LogP contribution in [0, 0.1) is 11.8 Å². The molecule has 12 heavy (non-hydrogen) atoms. The molecular weight excluding hydrogens is 151 g/mol. The number of hydrogen-bond acceptors (Lipinski definition) is 0. The molecule has 2 aliphatic carbocycles. The minimum absolute atomic E-state index is 0.0969. The van der Waals surface area contributed by atoms with E-state index in [2.05, 4.69) is 13.0 Å². The van der Waals surface area contributed by atoms with Crippen molar-refractivity contribution in [3.8, 4) is 0 Å². The van der Waals surface area contributed by atoms with E-state index in [1.54, 1.807) is 6.08 Å². The molecular formula is C11H15F. The Morgan fingerprint density at radius 2 is 2.42 bits per heavy atom. The first-order chi connectivity index (χ1) is 5.79. The van der Waals surface area contributed by atoms with Crippen molar-refractivity contribution in [1.82, 2.24) is 0 Å². The van der Waals surface area contributed by atoms with Gasteiger partial charge >= 0.3 is 0 Å². The number of halogens is 1. The van der Waals surface area contributed by atoms with Crippen molar-refractivity contribution in [3.05, 3.63) is 23.6 Å². The van der Waals surface area contributed by atoms with Crippen LogP contribution in [0.2, 0.25) is 0 Å². The Morgan fingerprint density at radius 3 is 3.17 bits per heavy atom. The van der Waals surface area contributed by atoms with Crippen molar-refractivity contribution in [2.24, 2.45) is 11.8 Å². The normalized spacial score (nSPS) is 33.2. The third-order valence-corrected chi connectivity index (χ3v) is 2.74. The second-order valence-corrected chi connectivity index (χ2v) is 3.95. The fraction of sp³-hybridized carbons (Fsp3) is 0.636. The molecule has 0 aromatic rings. The van der Waals surface area contributed by atoms with Crippen LogP contribution in [-0.2, 0) is 0 Å². The number of hydrogen-bond donors (Lipinski definition) is 0. The molecule has 2 rings (SSSR count). The Labute approximate surface area is 73.2 Å². The predicted octanol–water partition coefficient (Wildman–Crippen LogP) is 3.61. The van der Waals surface area contributed by atoms with Crippen LogP contribution >= 0.6 is 0 Å². The predicted molar refractivity (Wildman–Crippen MR) is 48.4 cm³/mol. The van der Waals surface area contributed by atoms with Gasteiger partial charge in [0.25, 0.3) is 0 Å². The van der Waals surface area contributed by atoms with Crippen LogP contribution < -0.4 is 0 Å². The Bertz CT molecular complexity index is 237. The van der Waals surface area contributed by atoms with Crippen LogP contribution in [-0.4, -0.2) is 0 Å². The molecule has 0 spiro atoms. The van der Waals surface area contributed by atoms with Gasteiger partial charge in [-0.05, 0) is 36.3 Å². The summed E-state index contributed by atoms with van der Waals surface area (Å²) in [6.07, 6.45) is 8.09. The van der Waals surface area contributed by atoms with Gasteiger partial charge in [-0.1, -0.05) is 19.4 Å². The van der Waals surface area contributed by atoms with E-state index >= 15 is 0 Å². The minimum atomic E-state index is 0.0969. The highest BCUT2D eigenvalue weighted by atomic mass is 19.1. The van der Waals surface area contributed by atoms with Crippen LogP contribution in [0.3, 0.4) is 0 Å². The van der Waals surface area contributed by atoms with Crippen LogP contribution in [0.5, 0.6) is 0 Å². The summed E-state index contributed by atoms with van der Waals surface area (Å²) in [5.74, 6) is 1.44. The summed E-state index contributed by atoms with van der Waals surface area (Å²) in [6, 6.07) is 0. The third-order valence-electron chi connectivity index (χ3n) is 2.74. The Balaban J connectivity index is 2.11. The van der Waals surface area contributed by atoms with Crippen molar-refractivity contribution in [1.29, 1.82) is 0 Å². The zero-order valence-corrected chi connectivity index (χ0v) is 7.52. The number of rotatable bonds is 2. The van der Waals surface area contributed by atoms with E-state index < -0.39 is 0 Å². The van der Waals surface area contributed by atoms with Gasteiger partial charge in [-0.3, -0.25) is 0 Å². The monoisotopic (exact) mass is 166 g/mol. The second kappa shape index (κ2) is 3.04. The molecule has 0 aliphatic heterocycles. The molecule has 0 radical (unpaired) electrons. The Hall–Kier alpha value is -0.590. The van der Waals surface area contributed by atoms with E-state index in [9.17, 15) is 4.39 Å². The van der Waals surface area contributed by atoms with Gasteiger partial charge in [0.2, 0.25) is 0 Å². The average Bonchev–Trinajstić information content (AvgIpc) is 2.66. The SMILES string of the molecule is CCCC1=C[C@H]2C[C@@H]2CC(F)=C1. The molecule has 1 heteroatoms. The fourth-order valence-corrected chi connectivity index (χ4v) is 1.99. The second-order valence-electron chi connectivity index (χ2n) is 3.95. The topological polar surface area (TPSA) is 0 Å². The van der Waals surface area contributed by atoms with E-state index in [-0.39, 0.29) is 5.83 Å². The summed E-state index contributed by atoms with van der Waals surface area (Å²) in [4.78, 5) is 0. The molecule has 0 aromatic heterocycles. The van der Waals surface area contributed by atoms with Crippen molar-refractivity contribution in [3.63, 3.8) is 0 Å². The van der Waals surface area contributed by atoms with E-state index in [1.165, 1.54) is 12.0 Å². The minimum Gasteiger partial charge on any atom is -0.212 e. The Morgan fingerprint density at radius 1 is 1.58 bits per heavy atom. The van der Waals surface area contributed by atoms with Gasteiger partial charge in [-0.25, -0.2) is 4.39 Å². The van der Waals surface area contributed by atoms with Gasteiger partial charge < -0.3 is 0 Å². The highest BCUT2D eigenvalue weighted by Gasteiger charge is 2.37. The van der Waals surface area contributed by atoms with Crippen LogP contribution in [0.1, 0.15) is 32.6 Å². The molecule has 0 aromatic carbocycles. The lowest BCUT2D eigenvalue weighted by Crippen LogP contribution is -1.79. The lowest BCUT2D eigenvalue weighted by atomic mass is 10.1. The Kier molecular flexibility index (Phi) is 2.03. The summed E-state index contributed by atoms with van der Waals surface area (Å²) >= 11 is 0. The number of fused-ring (bicyclic) bond motifs is 1. The molecule has 2 atom stereocenters. The summed E-state index contributed by atoms with van der Waals surface area (Å²) in [5, 5.41) is 0. The molecule has 0 unspecified atom stereocenters. The molecule has 66 valence electrons. The van der Waals surface area contributed by atoms with E-state index in [0.717, 1.165) is 12.8 Å². The van der Waals surface area contributed by atoms with Crippen LogP contribution in [0.15, 0.2) is 23.6 Å². The average molecular weight is 166 g/mol. The van der Waals surface area contributed by atoms with Crippen LogP contribution in [0.4, 0.5) is 4.39 Å². The molecule has 0 bridgehead atoms. The smallest absolute Gasteiger partial charge is 0.100 e. The highest BCUT2D eigenvalue weighted by Crippen LogP contribution is 2.47. The lowest BCUT2D eigenvalue weighted by Gasteiger charge is -1.97. The van der Waals surface area contributed by atoms with Crippen molar-refractivity contribution < 1.29 is 4.39 Å². The molecule has 1 saturated carbocycles. The first-order valence-corrected chi connectivity index (χ1v) is 4.86. The maximum absolute atomic E-state index is 13.1. The quantitative estimate of drug-likeness (QED) is 0.588. The standard InChI is InChI=1S/C11H15F/c1-2-3-8-4-9-6-10(9)7-11(12)5-8/h4-5,9-10H,2-3,6-7H2,1H3/t9-,10+/m0/s1. The molecule has 0 amide bonds. The maximum Gasteiger partial charge on any atom is 0.100 e. The summed E-state index contributed by atoms with van der Waals surface area (Å²) in [5.41, 5.74) is 1.22. The van der Waals surface area contributed by atoms with Gasteiger partial charge in [-0.2, -0.15) is 0 Å². The van der Waals surface area contributed by atoms with Crippen molar-refractivity contribution in [2.45, 2.75) is 32.6 Å². The van der Waals surface area contributed by atoms with E-state index in [4.69, 9.17) is 0 Å². The van der Waals surface area contributed by atoms with Gasteiger partial charge in [0, 0.05) is 6.42 Å². The summed E-state index contributed by atoms with van der Waals surface area (Å²) < 4.78 is 13.1. The third kappa shape index (κ3) is 1.60. The zero-order valence-electron chi connectivity index (χ0n) is 7.52. The maximum atomic E-state index is 13.1. The van der Waals surface area contributed by atoms with Gasteiger partial charge in [0.1, 0.15) is 5.83 Å². The van der Waals surface area contributed by atoms with Crippen LogP contribution in [0.25, 0.3) is 0 Å². The molecule has 0 heterocycles. The summed E-state index contributed by atoms with van der Waals surface area (Å²) in [6.45, 7) is 2.14. The molecule has 0 saturated heterocycles. The largest absolute Gasteiger partial charge is 0.212 e.